The van der Waals surface area contributed by atoms with Gasteiger partial charge in [-0.25, -0.2) is 4.85 Å². The van der Waals surface area contributed by atoms with Crippen LogP contribution in [0.1, 0.15) is 17.3 Å². The monoisotopic (exact) mass is 322 g/mol. The maximum absolute atomic E-state index is 12.5. The molecular formula is C17H14N4O3. The van der Waals surface area contributed by atoms with E-state index in [1.807, 2.05) is 0 Å². The third-order valence-electron chi connectivity index (χ3n) is 3.11. The summed E-state index contributed by atoms with van der Waals surface area (Å²) in [7, 11) is 0. The van der Waals surface area contributed by atoms with Crippen molar-refractivity contribution in [1.82, 2.24) is 10.6 Å². The topological polar surface area (TPSA) is 107 Å². The van der Waals surface area contributed by atoms with E-state index < -0.39 is 17.8 Å². The van der Waals surface area contributed by atoms with Gasteiger partial charge in [0.25, 0.3) is 5.91 Å². The number of benzene rings is 2. The highest BCUT2D eigenvalue weighted by Crippen LogP contribution is 2.38. The van der Waals surface area contributed by atoms with Gasteiger partial charge in [0.1, 0.15) is 5.75 Å². The average Bonchev–Trinajstić information content (AvgIpc) is 2.54. The summed E-state index contributed by atoms with van der Waals surface area (Å²) in [5.74, 6) is -2.15. The van der Waals surface area contributed by atoms with Crippen LogP contribution < -0.4 is 10.6 Å². The average molecular weight is 322 g/mol. The van der Waals surface area contributed by atoms with Gasteiger partial charge in [0.05, 0.1) is 12.1 Å². The Labute approximate surface area is 138 Å². The SMILES string of the molecule is [C-]#[N+]c1ccc(O)c(C(=O)NC(=N)NC(C)=O)c1-c1ccccc1. The van der Waals surface area contributed by atoms with E-state index in [1.165, 1.54) is 19.1 Å². The molecular weight excluding hydrogens is 308 g/mol. The van der Waals surface area contributed by atoms with Crippen LogP contribution >= 0.6 is 0 Å². The molecule has 0 fully saturated rings. The number of phenols is 1. The molecule has 0 spiro atoms. The normalized spacial score (nSPS) is 9.67. The van der Waals surface area contributed by atoms with Gasteiger partial charge in [-0.3, -0.25) is 25.6 Å². The Balaban J connectivity index is 2.53. The maximum Gasteiger partial charge on any atom is 0.261 e. The molecule has 0 aliphatic heterocycles. The van der Waals surface area contributed by atoms with E-state index in [0.29, 0.717) is 5.56 Å². The molecule has 0 aliphatic rings. The van der Waals surface area contributed by atoms with Gasteiger partial charge >= 0.3 is 0 Å². The lowest BCUT2D eigenvalue weighted by Gasteiger charge is -2.14. The number of aromatic hydroxyl groups is 1. The molecule has 2 amide bonds. The van der Waals surface area contributed by atoms with Crippen molar-refractivity contribution in [2.75, 3.05) is 0 Å². The van der Waals surface area contributed by atoms with Crippen molar-refractivity contribution < 1.29 is 14.7 Å². The molecule has 2 aromatic carbocycles. The summed E-state index contributed by atoms with van der Waals surface area (Å²) < 4.78 is 0. The van der Waals surface area contributed by atoms with Crippen LogP contribution in [0, 0.1) is 12.0 Å². The third kappa shape index (κ3) is 3.56. The molecule has 0 radical (unpaired) electrons. The molecule has 120 valence electrons. The van der Waals surface area contributed by atoms with Crippen molar-refractivity contribution in [2.24, 2.45) is 0 Å². The van der Waals surface area contributed by atoms with E-state index >= 15 is 0 Å². The fraction of sp³-hybridized carbons (Fsp3) is 0.0588. The van der Waals surface area contributed by atoms with E-state index in [-0.39, 0.29) is 22.6 Å². The van der Waals surface area contributed by atoms with Gasteiger partial charge in [-0.2, -0.15) is 0 Å². The summed E-state index contributed by atoms with van der Waals surface area (Å²) in [6, 6.07) is 11.4. The van der Waals surface area contributed by atoms with Crippen molar-refractivity contribution in [1.29, 1.82) is 5.41 Å². The second-order valence-corrected chi connectivity index (χ2v) is 4.84. The molecule has 0 saturated carbocycles. The van der Waals surface area contributed by atoms with Crippen molar-refractivity contribution >= 4 is 23.5 Å². The second kappa shape index (κ2) is 7.07. The molecule has 7 heteroatoms. The Kier molecular flexibility index (Phi) is 4.92. The summed E-state index contributed by atoms with van der Waals surface area (Å²) in [4.78, 5) is 26.8. The Morgan fingerprint density at radius 1 is 1.12 bits per heavy atom. The highest BCUT2D eigenvalue weighted by atomic mass is 16.3. The van der Waals surface area contributed by atoms with Crippen LogP contribution in [0.3, 0.4) is 0 Å². The Morgan fingerprint density at radius 2 is 1.79 bits per heavy atom. The molecule has 7 nitrogen and oxygen atoms in total. The summed E-state index contributed by atoms with van der Waals surface area (Å²) in [6.45, 7) is 8.49. The van der Waals surface area contributed by atoms with Crippen LogP contribution in [0.5, 0.6) is 5.75 Å². The molecule has 2 aromatic rings. The number of phenolic OH excluding ortho intramolecular Hbond substituents is 1. The van der Waals surface area contributed by atoms with E-state index in [2.05, 4.69) is 15.5 Å². The van der Waals surface area contributed by atoms with Gasteiger partial charge < -0.3 is 5.11 Å². The summed E-state index contributed by atoms with van der Waals surface area (Å²) in [5, 5.41) is 22.0. The van der Waals surface area contributed by atoms with Crippen LogP contribution in [-0.2, 0) is 4.79 Å². The van der Waals surface area contributed by atoms with Crippen molar-refractivity contribution in [3.8, 4) is 16.9 Å². The van der Waals surface area contributed by atoms with Crippen molar-refractivity contribution in [3.05, 3.63) is 59.4 Å². The van der Waals surface area contributed by atoms with Gasteiger partial charge in [0.15, 0.2) is 5.69 Å². The molecule has 4 N–H and O–H groups in total. The van der Waals surface area contributed by atoms with Crippen LogP contribution in [0.25, 0.3) is 16.0 Å². The third-order valence-corrected chi connectivity index (χ3v) is 3.11. The summed E-state index contributed by atoms with van der Waals surface area (Å²) >= 11 is 0. The van der Waals surface area contributed by atoms with E-state index in [4.69, 9.17) is 12.0 Å². The fourth-order valence-electron chi connectivity index (χ4n) is 2.18. The molecule has 0 heterocycles. The van der Waals surface area contributed by atoms with Gasteiger partial charge in [-0.1, -0.05) is 36.4 Å². The second-order valence-electron chi connectivity index (χ2n) is 4.84. The number of carbonyl (C=O) groups excluding carboxylic acids is 2. The number of rotatable bonds is 2. The Hall–Kier alpha value is -3.66. The van der Waals surface area contributed by atoms with Gasteiger partial charge in [0, 0.05) is 12.5 Å². The quantitative estimate of drug-likeness (QED) is 0.387. The first-order valence-corrected chi connectivity index (χ1v) is 6.90. The summed E-state index contributed by atoms with van der Waals surface area (Å²) in [5.41, 5.74) is 0.898. The number of amides is 2. The number of hydrogen-bond donors (Lipinski definition) is 4. The van der Waals surface area contributed by atoms with E-state index in [9.17, 15) is 14.7 Å². The first kappa shape index (κ1) is 16.7. The van der Waals surface area contributed by atoms with Crippen LogP contribution in [0.4, 0.5) is 5.69 Å². The zero-order valence-corrected chi connectivity index (χ0v) is 12.8. The van der Waals surface area contributed by atoms with Crippen LogP contribution in [0.2, 0.25) is 0 Å². The molecule has 0 aromatic heterocycles. The lowest BCUT2D eigenvalue weighted by molar-refractivity contribution is -0.117. The number of carbonyl (C=O) groups is 2. The predicted octanol–water partition coefficient (Wildman–Crippen LogP) is 2.41. The van der Waals surface area contributed by atoms with E-state index in [1.54, 1.807) is 30.3 Å². The molecule has 0 bridgehead atoms. The standard InChI is InChI=1S/C17H14N4O3/c1-10(22)20-17(18)21-16(24)15-13(23)9-8-12(19-2)14(15)11-6-4-3-5-7-11/h3-9,23H,1H3,(H3,18,20,21,22,24). The zero-order valence-electron chi connectivity index (χ0n) is 12.8. The van der Waals surface area contributed by atoms with Crippen molar-refractivity contribution in [2.45, 2.75) is 6.92 Å². The van der Waals surface area contributed by atoms with Crippen molar-refractivity contribution in [3.63, 3.8) is 0 Å². The maximum atomic E-state index is 12.5. The Bertz CT molecular complexity index is 854. The van der Waals surface area contributed by atoms with Gasteiger partial charge in [-0.05, 0) is 11.6 Å². The number of nitrogens with one attached hydrogen (secondary N) is 3. The summed E-state index contributed by atoms with van der Waals surface area (Å²) in [6.07, 6.45) is 0. The Morgan fingerprint density at radius 3 is 2.38 bits per heavy atom. The van der Waals surface area contributed by atoms with Gasteiger partial charge in [-0.15, -0.1) is 0 Å². The highest BCUT2D eigenvalue weighted by molar-refractivity contribution is 6.13. The molecule has 24 heavy (non-hydrogen) atoms. The van der Waals surface area contributed by atoms with E-state index in [0.717, 1.165) is 0 Å². The minimum atomic E-state index is -0.796. The number of nitrogens with zero attached hydrogens (tertiary/aromatic N) is 1. The van der Waals surface area contributed by atoms with Gasteiger partial charge in [0.2, 0.25) is 11.9 Å². The lowest BCUT2D eigenvalue weighted by atomic mass is 9.96. The highest BCUT2D eigenvalue weighted by Gasteiger charge is 2.22. The first-order chi connectivity index (χ1) is 11.4. The molecule has 0 atom stereocenters. The lowest BCUT2D eigenvalue weighted by Crippen LogP contribution is -2.42. The van der Waals surface area contributed by atoms with Crippen LogP contribution in [0.15, 0.2) is 42.5 Å². The molecule has 0 unspecified atom stereocenters. The minimum Gasteiger partial charge on any atom is -0.507 e. The number of guanidine groups is 1. The molecule has 0 aliphatic carbocycles. The predicted molar refractivity (Wildman–Crippen MR) is 88.8 cm³/mol. The zero-order chi connectivity index (χ0) is 17.7. The largest absolute Gasteiger partial charge is 0.507 e. The smallest absolute Gasteiger partial charge is 0.261 e. The first-order valence-electron chi connectivity index (χ1n) is 6.90. The fourth-order valence-corrected chi connectivity index (χ4v) is 2.18. The van der Waals surface area contributed by atoms with Crippen LogP contribution in [-0.4, -0.2) is 22.9 Å². The molecule has 0 saturated heterocycles. The molecule has 2 rings (SSSR count). The minimum absolute atomic E-state index is 0.134. The number of hydrogen-bond acceptors (Lipinski definition) is 4.